The van der Waals surface area contributed by atoms with Gasteiger partial charge in [0.1, 0.15) is 23.2 Å². The maximum atomic E-state index is 13.8. The summed E-state index contributed by atoms with van der Waals surface area (Å²) in [5.74, 6) is 3.84. The van der Waals surface area contributed by atoms with E-state index in [9.17, 15) is 14.0 Å². The Kier molecular flexibility index (Phi) is 9.69. The van der Waals surface area contributed by atoms with Gasteiger partial charge in [0.15, 0.2) is 0 Å². The number of hydrogen-bond acceptors (Lipinski definition) is 8. The monoisotopic (exact) mass is 488 g/mol. The summed E-state index contributed by atoms with van der Waals surface area (Å²) >= 11 is 0. The predicted molar refractivity (Wildman–Crippen MR) is 131 cm³/mol. The van der Waals surface area contributed by atoms with Crippen LogP contribution in [0.3, 0.4) is 0 Å². The van der Waals surface area contributed by atoms with Gasteiger partial charge in [0.25, 0.3) is 0 Å². The third kappa shape index (κ3) is 8.63. The molecule has 0 aliphatic carbocycles. The summed E-state index contributed by atoms with van der Waals surface area (Å²) in [5, 5.41) is 13.1. The number of amides is 1. The van der Waals surface area contributed by atoms with E-state index < -0.39 is 29.6 Å². The molecule has 0 aromatic heterocycles. The number of methoxy groups -OCH3 is 1. The summed E-state index contributed by atoms with van der Waals surface area (Å²) < 4.78 is 24.5. The maximum absolute atomic E-state index is 13.8. The second-order valence-electron chi connectivity index (χ2n) is 8.85. The number of benzene rings is 2. The van der Waals surface area contributed by atoms with Crippen LogP contribution in [0.25, 0.3) is 11.1 Å². The van der Waals surface area contributed by atoms with Gasteiger partial charge in [-0.3, -0.25) is 36.9 Å². The van der Waals surface area contributed by atoms with Gasteiger partial charge in [0.05, 0.1) is 13.2 Å². The normalized spacial score (nSPS) is 12.9. The van der Waals surface area contributed by atoms with E-state index in [1.54, 1.807) is 58.0 Å². The van der Waals surface area contributed by atoms with Gasteiger partial charge in [0, 0.05) is 5.56 Å². The molecule has 0 heterocycles. The number of nitrogens with two attached hydrogens (primary N) is 1. The summed E-state index contributed by atoms with van der Waals surface area (Å²) in [6, 6.07) is 9.77. The molecule has 10 nitrogen and oxygen atoms in total. The number of esters is 1. The lowest BCUT2D eigenvalue weighted by molar-refractivity contribution is -0.157. The zero-order valence-corrected chi connectivity index (χ0v) is 20.5. The van der Waals surface area contributed by atoms with E-state index in [1.165, 1.54) is 19.2 Å². The van der Waals surface area contributed by atoms with Crippen molar-refractivity contribution in [3.05, 3.63) is 53.8 Å². The average Bonchev–Trinajstić information content (AvgIpc) is 2.78. The summed E-state index contributed by atoms with van der Waals surface area (Å²) in [6.45, 7) is 6.86. The fourth-order valence-corrected chi connectivity index (χ4v) is 3.26. The first-order chi connectivity index (χ1) is 16.4. The van der Waals surface area contributed by atoms with Crippen LogP contribution in [0.2, 0.25) is 0 Å². The van der Waals surface area contributed by atoms with Crippen molar-refractivity contribution in [3.8, 4) is 16.9 Å². The van der Waals surface area contributed by atoms with Gasteiger partial charge in [-0.05, 0) is 63.4 Å². The lowest BCUT2D eigenvalue weighted by atomic mass is 9.99. The Morgan fingerprint density at radius 3 is 2.37 bits per heavy atom. The lowest BCUT2D eigenvalue weighted by Gasteiger charge is -2.26. The van der Waals surface area contributed by atoms with Crippen LogP contribution in [0.4, 0.5) is 4.39 Å². The Bertz CT molecular complexity index is 1040. The molecule has 2 rings (SSSR count). The van der Waals surface area contributed by atoms with Crippen LogP contribution < -0.4 is 32.2 Å². The number of guanidine groups is 1. The maximum Gasteiger partial charge on any atom is 0.323 e. The van der Waals surface area contributed by atoms with Crippen molar-refractivity contribution in [1.82, 2.24) is 21.6 Å². The summed E-state index contributed by atoms with van der Waals surface area (Å²) in [4.78, 5) is 25.3. The first-order valence-electron chi connectivity index (χ1n) is 11.0. The highest BCUT2D eigenvalue weighted by Gasteiger charge is 2.27. The molecule has 2 aromatic carbocycles. The van der Waals surface area contributed by atoms with Crippen LogP contribution >= 0.6 is 0 Å². The minimum atomic E-state index is -0.882. The quantitative estimate of drug-likeness (QED) is 0.103. The molecule has 1 amide bonds. The van der Waals surface area contributed by atoms with Crippen LogP contribution in [-0.2, 0) is 20.7 Å². The fraction of sp³-hybridized carbons (Fsp3) is 0.375. The van der Waals surface area contributed by atoms with Crippen molar-refractivity contribution >= 4 is 17.8 Å². The molecule has 35 heavy (non-hydrogen) atoms. The number of hydrogen-bond donors (Lipinski definition) is 6. The molecule has 0 spiro atoms. The predicted octanol–water partition coefficient (Wildman–Crippen LogP) is 1.75. The summed E-state index contributed by atoms with van der Waals surface area (Å²) in [6.07, 6.45) is 0.197. The first-order valence-corrected chi connectivity index (χ1v) is 11.0. The van der Waals surface area contributed by atoms with Gasteiger partial charge in [-0.2, -0.15) is 5.53 Å². The third-order valence-electron chi connectivity index (χ3n) is 4.84. The van der Waals surface area contributed by atoms with E-state index in [0.717, 1.165) is 11.1 Å². The molecule has 0 aliphatic rings. The Hall–Kier alpha value is -3.54. The molecule has 11 heteroatoms. The van der Waals surface area contributed by atoms with Gasteiger partial charge in [0.2, 0.25) is 11.9 Å². The molecule has 190 valence electrons. The number of hydrazine groups is 2. The molecule has 0 bridgehead atoms. The molecule has 2 aromatic rings. The van der Waals surface area contributed by atoms with Gasteiger partial charge >= 0.3 is 5.97 Å². The highest BCUT2D eigenvalue weighted by Crippen LogP contribution is 2.30. The number of carbonyl (C=O) groups is 2. The van der Waals surface area contributed by atoms with E-state index in [0.29, 0.717) is 11.3 Å². The van der Waals surface area contributed by atoms with Crippen molar-refractivity contribution in [3.63, 3.8) is 0 Å². The third-order valence-corrected chi connectivity index (χ3v) is 4.84. The highest BCUT2D eigenvalue weighted by molar-refractivity contribution is 5.98. The molecular weight excluding hydrogens is 455 g/mol. The van der Waals surface area contributed by atoms with Gasteiger partial charge < -0.3 is 9.47 Å². The zero-order valence-electron chi connectivity index (χ0n) is 20.5. The molecule has 2 atom stereocenters. The zero-order chi connectivity index (χ0) is 26.2. The molecule has 7 N–H and O–H groups in total. The molecule has 0 aliphatic heterocycles. The largest absolute Gasteiger partial charge is 0.496 e. The van der Waals surface area contributed by atoms with Crippen LogP contribution in [0.5, 0.6) is 5.75 Å². The van der Waals surface area contributed by atoms with Crippen molar-refractivity contribution in [1.29, 1.82) is 5.41 Å². The van der Waals surface area contributed by atoms with Crippen LogP contribution in [0, 0.1) is 11.2 Å². The van der Waals surface area contributed by atoms with E-state index in [2.05, 4.69) is 21.6 Å². The first kappa shape index (κ1) is 27.7. The second kappa shape index (κ2) is 12.2. The number of carbonyl (C=O) groups excluding carboxylic acids is 2. The second-order valence-corrected chi connectivity index (χ2v) is 8.85. The molecular formula is C24H33FN6O4. The number of ether oxygens (including phenoxy) is 2. The van der Waals surface area contributed by atoms with Gasteiger partial charge in [-0.15, -0.1) is 0 Å². The van der Waals surface area contributed by atoms with Crippen molar-refractivity contribution in [2.24, 2.45) is 5.84 Å². The molecule has 0 saturated carbocycles. The fourth-order valence-electron chi connectivity index (χ4n) is 3.26. The molecule has 1 unspecified atom stereocenters. The Balaban J connectivity index is 2.23. The molecule has 0 radical (unpaired) electrons. The standard InChI is InChI=1S/C24H33FN6O4/c1-14(22(33)35-24(2,3)4)28-19(21(32)29-23(26)30-31-27)12-15-6-8-16(9-7-15)18-13-17(25)10-11-20(18)34-5/h6-11,13-14,19,28,31H,12,27H2,1-5H3,(H3,26,29,30,32)/t14-,19?/m0/s1. The highest BCUT2D eigenvalue weighted by atomic mass is 19.1. The van der Waals surface area contributed by atoms with E-state index >= 15 is 0 Å². The Labute approximate surface area is 204 Å². The number of rotatable bonds is 9. The number of halogens is 1. The van der Waals surface area contributed by atoms with Gasteiger partial charge in [-0.1, -0.05) is 24.3 Å². The average molecular weight is 489 g/mol. The number of nitrogens with one attached hydrogen (secondary N) is 5. The topological polar surface area (TPSA) is 151 Å². The van der Waals surface area contributed by atoms with Crippen LogP contribution in [-0.4, -0.2) is 42.6 Å². The molecule has 0 saturated heterocycles. The lowest BCUT2D eigenvalue weighted by Crippen LogP contribution is -2.56. The van der Waals surface area contributed by atoms with Gasteiger partial charge in [-0.25, -0.2) is 4.39 Å². The summed E-state index contributed by atoms with van der Waals surface area (Å²) in [7, 11) is 1.51. The molecule has 0 fully saturated rings. The van der Waals surface area contributed by atoms with Crippen LogP contribution in [0.15, 0.2) is 42.5 Å². The Morgan fingerprint density at radius 2 is 1.80 bits per heavy atom. The smallest absolute Gasteiger partial charge is 0.323 e. The van der Waals surface area contributed by atoms with E-state index in [4.69, 9.17) is 20.7 Å². The van der Waals surface area contributed by atoms with Crippen molar-refractivity contribution in [2.45, 2.75) is 51.8 Å². The van der Waals surface area contributed by atoms with Crippen LogP contribution in [0.1, 0.15) is 33.3 Å². The van der Waals surface area contributed by atoms with E-state index in [1.807, 2.05) is 0 Å². The summed E-state index contributed by atoms with van der Waals surface area (Å²) in [5.41, 5.74) is 5.74. The minimum Gasteiger partial charge on any atom is -0.496 e. The van der Waals surface area contributed by atoms with Crippen molar-refractivity contribution in [2.75, 3.05) is 7.11 Å². The van der Waals surface area contributed by atoms with Crippen molar-refractivity contribution < 1.29 is 23.5 Å². The Morgan fingerprint density at radius 1 is 1.14 bits per heavy atom. The minimum absolute atomic E-state index is 0.197. The van der Waals surface area contributed by atoms with E-state index in [-0.39, 0.29) is 18.2 Å². The SMILES string of the molecule is COc1ccc(F)cc1-c1ccc(CC(N[C@@H](C)C(=O)OC(C)(C)C)C(=O)NC(=N)NNN)cc1.